The topological polar surface area (TPSA) is 102 Å². The number of esters is 1. The molecule has 0 saturated heterocycles. The number of rotatable bonds is 7. The maximum absolute atomic E-state index is 11.4. The minimum atomic E-state index is -0.358. The number of carbonyl (C=O) groups is 1. The first-order chi connectivity index (χ1) is 12.1. The molecule has 0 fully saturated rings. The standard InChI is InChI=1S/C18H20N4O2S/c1-3-4-5-15-14(10-19)16(20)22-18(21-15)25-11-12-6-8-13(9-7-12)17(23)24-2/h6-9H,3-5,11H2,1-2H3,(H2,20,21,22). The van der Waals surface area contributed by atoms with E-state index in [2.05, 4.69) is 27.7 Å². The number of aryl methyl sites for hydroxylation is 1. The largest absolute Gasteiger partial charge is 0.465 e. The number of hydrogen-bond acceptors (Lipinski definition) is 7. The van der Waals surface area contributed by atoms with Crippen molar-refractivity contribution in [3.63, 3.8) is 0 Å². The molecule has 6 nitrogen and oxygen atoms in total. The Morgan fingerprint density at radius 2 is 2.04 bits per heavy atom. The summed E-state index contributed by atoms with van der Waals surface area (Å²) in [5.74, 6) is 0.509. The highest BCUT2D eigenvalue weighted by Gasteiger charge is 2.12. The highest BCUT2D eigenvalue weighted by atomic mass is 32.2. The Hall–Kier alpha value is -2.59. The van der Waals surface area contributed by atoms with E-state index < -0.39 is 0 Å². The van der Waals surface area contributed by atoms with Crippen LogP contribution in [0.3, 0.4) is 0 Å². The van der Waals surface area contributed by atoms with Gasteiger partial charge in [-0.15, -0.1) is 0 Å². The maximum Gasteiger partial charge on any atom is 0.337 e. The van der Waals surface area contributed by atoms with Gasteiger partial charge in [-0.05, 0) is 30.5 Å². The summed E-state index contributed by atoms with van der Waals surface area (Å²) < 4.78 is 4.68. The molecule has 1 heterocycles. The van der Waals surface area contributed by atoms with Gasteiger partial charge >= 0.3 is 5.97 Å². The minimum absolute atomic E-state index is 0.229. The van der Waals surface area contributed by atoms with Crippen molar-refractivity contribution in [1.29, 1.82) is 5.26 Å². The SMILES string of the molecule is CCCCc1nc(SCc2ccc(C(=O)OC)cc2)nc(N)c1C#N. The zero-order chi connectivity index (χ0) is 18.2. The molecule has 0 aliphatic heterocycles. The van der Waals surface area contributed by atoms with Gasteiger partial charge in [0.15, 0.2) is 5.16 Å². The summed E-state index contributed by atoms with van der Waals surface area (Å²) in [6, 6.07) is 9.27. The number of ether oxygens (including phenoxy) is 1. The van der Waals surface area contributed by atoms with Crippen molar-refractivity contribution in [2.75, 3.05) is 12.8 Å². The predicted octanol–water partition coefficient (Wildman–Crippen LogP) is 3.35. The molecule has 0 bridgehead atoms. The number of nitriles is 1. The van der Waals surface area contributed by atoms with Crippen LogP contribution in [-0.2, 0) is 16.9 Å². The number of anilines is 1. The van der Waals surface area contributed by atoms with Crippen molar-refractivity contribution >= 4 is 23.5 Å². The number of nitrogens with zero attached hydrogens (tertiary/aromatic N) is 3. The van der Waals surface area contributed by atoms with Gasteiger partial charge in [-0.2, -0.15) is 5.26 Å². The van der Waals surface area contributed by atoms with Crippen molar-refractivity contribution in [2.45, 2.75) is 37.1 Å². The van der Waals surface area contributed by atoms with E-state index in [1.165, 1.54) is 18.9 Å². The first-order valence-electron chi connectivity index (χ1n) is 7.95. The molecular weight excluding hydrogens is 336 g/mol. The molecule has 130 valence electrons. The summed E-state index contributed by atoms with van der Waals surface area (Å²) >= 11 is 1.45. The molecule has 2 N–H and O–H groups in total. The average molecular weight is 356 g/mol. The second kappa shape index (κ2) is 9.04. The van der Waals surface area contributed by atoms with Gasteiger partial charge < -0.3 is 10.5 Å². The van der Waals surface area contributed by atoms with E-state index in [1.54, 1.807) is 12.1 Å². The van der Waals surface area contributed by atoms with Crippen molar-refractivity contribution in [2.24, 2.45) is 0 Å². The summed E-state index contributed by atoms with van der Waals surface area (Å²) in [4.78, 5) is 20.1. The highest BCUT2D eigenvalue weighted by Crippen LogP contribution is 2.24. The number of nitrogen functional groups attached to an aromatic ring is 1. The molecule has 2 aromatic rings. The van der Waals surface area contributed by atoms with Gasteiger partial charge in [-0.3, -0.25) is 0 Å². The summed E-state index contributed by atoms with van der Waals surface area (Å²) in [6.07, 6.45) is 2.68. The van der Waals surface area contributed by atoms with Crippen molar-refractivity contribution in [3.05, 3.63) is 46.6 Å². The first-order valence-corrected chi connectivity index (χ1v) is 8.94. The molecule has 1 aromatic carbocycles. The summed E-state index contributed by atoms with van der Waals surface area (Å²) in [6.45, 7) is 2.09. The fourth-order valence-corrected chi connectivity index (χ4v) is 3.04. The van der Waals surface area contributed by atoms with E-state index in [4.69, 9.17) is 5.73 Å². The fourth-order valence-electron chi connectivity index (χ4n) is 2.22. The van der Waals surface area contributed by atoms with Gasteiger partial charge in [-0.1, -0.05) is 37.2 Å². The summed E-state index contributed by atoms with van der Waals surface area (Å²) in [5, 5.41) is 9.79. The monoisotopic (exact) mass is 356 g/mol. The van der Waals surface area contributed by atoms with Gasteiger partial charge in [0.05, 0.1) is 18.4 Å². The second-order valence-corrected chi connectivity index (χ2v) is 6.35. The van der Waals surface area contributed by atoms with Crippen LogP contribution in [0.15, 0.2) is 29.4 Å². The smallest absolute Gasteiger partial charge is 0.337 e. The first kappa shape index (κ1) is 18.7. The number of benzene rings is 1. The van der Waals surface area contributed by atoms with Crippen LogP contribution in [0.4, 0.5) is 5.82 Å². The van der Waals surface area contributed by atoms with E-state index in [-0.39, 0.29) is 11.8 Å². The average Bonchev–Trinajstić information content (AvgIpc) is 2.64. The molecule has 0 aliphatic carbocycles. The highest BCUT2D eigenvalue weighted by molar-refractivity contribution is 7.98. The third-order valence-corrected chi connectivity index (χ3v) is 4.53. The predicted molar refractivity (Wildman–Crippen MR) is 97.1 cm³/mol. The fraction of sp³-hybridized carbons (Fsp3) is 0.333. The quantitative estimate of drug-likeness (QED) is 0.461. The zero-order valence-corrected chi connectivity index (χ0v) is 15.1. The Kier molecular flexibility index (Phi) is 6.78. The van der Waals surface area contributed by atoms with Crippen LogP contribution < -0.4 is 5.73 Å². The van der Waals surface area contributed by atoms with Crippen LogP contribution in [0.25, 0.3) is 0 Å². The molecule has 0 amide bonds. The summed E-state index contributed by atoms with van der Waals surface area (Å²) in [7, 11) is 1.36. The Balaban J connectivity index is 2.11. The number of unbranched alkanes of at least 4 members (excludes halogenated alkanes) is 1. The molecular formula is C18H20N4O2S. The molecule has 2 rings (SSSR count). The van der Waals surface area contributed by atoms with Gasteiger partial charge in [-0.25, -0.2) is 14.8 Å². The number of hydrogen-bond donors (Lipinski definition) is 1. The molecule has 0 unspecified atom stereocenters. The zero-order valence-electron chi connectivity index (χ0n) is 14.3. The lowest BCUT2D eigenvalue weighted by atomic mass is 10.1. The Morgan fingerprint density at radius 3 is 2.64 bits per heavy atom. The van der Waals surface area contributed by atoms with Crippen molar-refractivity contribution < 1.29 is 9.53 Å². The van der Waals surface area contributed by atoms with Gasteiger partial charge in [0.2, 0.25) is 0 Å². The lowest BCUT2D eigenvalue weighted by molar-refractivity contribution is 0.0600. The van der Waals surface area contributed by atoms with Crippen LogP contribution in [0.1, 0.15) is 46.9 Å². The number of methoxy groups -OCH3 is 1. The number of nitrogens with two attached hydrogens (primary N) is 1. The van der Waals surface area contributed by atoms with Gasteiger partial charge in [0.25, 0.3) is 0 Å². The number of thioether (sulfide) groups is 1. The lowest BCUT2D eigenvalue weighted by Gasteiger charge is -2.08. The normalized spacial score (nSPS) is 10.3. The van der Waals surface area contributed by atoms with Gasteiger partial charge in [0.1, 0.15) is 17.5 Å². The molecule has 0 atom stereocenters. The molecule has 0 saturated carbocycles. The van der Waals surface area contributed by atoms with Gasteiger partial charge in [0, 0.05) is 5.75 Å². The molecule has 25 heavy (non-hydrogen) atoms. The third-order valence-electron chi connectivity index (χ3n) is 3.61. The van der Waals surface area contributed by atoms with Crippen LogP contribution in [0.5, 0.6) is 0 Å². The van der Waals surface area contributed by atoms with E-state index in [0.29, 0.717) is 34.2 Å². The lowest BCUT2D eigenvalue weighted by Crippen LogP contribution is -2.05. The van der Waals surface area contributed by atoms with E-state index >= 15 is 0 Å². The van der Waals surface area contributed by atoms with E-state index in [9.17, 15) is 10.1 Å². The van der Waals surface area contributed by atoms with Crippen molar-refractivity contribution in [1.82, 2.24) is 9.97 Å². The van der Waals surface area contributed by atoms with E-state index in [0.717, 1.165) is 18.4 Å². The van der Waals surface area contributed by atoms with Crippen molar-refractivity contribution in [3.8, 4) is 6.07 Å². The maximum atomic E-state index is 11.4. The molecule has 0 aliphatic rings. The van der Waals surface area contributed by atoms with Crippen LogP contribution in [0.2, 0.25) is 0 Å². The second-order valence-electron chi connectivity index (χ2n) is 5.41. The number of aromatic nitrogens is 2. The minimum Gasteiger partial charge on any atom is -0.465 e. The molecule has 0 spiro atoms. The Labute approximate surface area is 151 Å². The Morgan fingerprint density at radius 1 is 1.32 bits per heavy atom. The number of carbonyl (C=O) groups excluding carboxylic acids is 1. The van der Waals surface area contributed by atoms with E-state index in [1.807, 2.05) is 12.1 Å². The molecule has 1 aromatic heterocycles. The third kappa shape index (κ3) is 4.94. The Bertz CT molecular complexity index is 785. The van der Waals surface area contributed by atoms with Crippen LogP contribution in [-0.4, -0.2) is 23.0 Å². The molecule has 7 heteroatoms. The molecule has 0 radical (unpaired) electrons. The van der Waals surface area contributed by atoms with Crippen LogP contribution >= 0.6 is 11.8 Å². The van der Waals surface area contributed by atoms with Crippen LogP contribution in [0, 0.1) is 11.3 Å². The summed E-state index contributed by atoms with van der Waals surface area (Å²) in [5.41, 5.74) is 8.53.